The summed E-state index contributed by atoms with van der Waals surface area (Å²) in [6.07, 6.45) is 0. The minimum Gasteiger partial charge on any atom is -0.479 e. The quantitative estimate of drug-likeness (QED) is 0.435. The van der Waals surface area contributed by atoms with Crippen LogP contribution in [0.15, 0.2) is 28.8 Å². The third kappa shape index (κ3) is 2.42. The molecule has 0 spiro atoms. The molecule has 29 heavy (non-hydrogen) atoms. The van der Waals surface area contributed by atoms with E-state index in [0.29, 0.717) is 21.8 Å². The number of benzene rings is 1. The maximum atomic E-state index is 12.9. The van der Waals surface area contributed by atoms with Gasteiger partial charge in [-0.15, -0.1) is 11.8 Å². The molecule has 3 atom stereocenters. The molecule has 0 aliphatic carbocycles. The summed E-state index contributed by atoms with van der Waals surface area (Å²) in [6, 6.07) is 5.80. The maximum Gasteiger partial charge on any atom is 0.336 e. The number of rotatable bonds is 4. The molecule has 2 aliphatic rings. The number of hydrogen-bond donors (Lipinski definition) is 1. The van der Waals surface area contributed by atoms with Crippen LogP contribution in [0.2, 0.25) is 0 Å². The Morgan fingerprint density at radius 2 is 2.00 bits per heavy atom. The van der Waals surface area contributed by atoms with Crippen LogP contribution in [-0.2, 0) is 10.3 Å². The maximum absolute atomic E-state index is 12.9. The number of nitro groups is 1. The third-order valence-electron chi connectivity index (χ3n) is 5.83. The molecule has 1 aromatic carbocycles. The fourth-order valence-electron chi connectivity index (χ4n) is 4.41. The first-order valence-electron chi connectivity index (χ1n) is 9.00. The Bertz CT molecular complexity index is 1050. The molecular formula is C19H19N3O5S2. The van der Waals surface area contributed by atoms with Gasteiger partial charge in [0.1, 0.15) is 0 Å². The summed E-state index contributed by atoms with van der Waals surface area (Å²) in [5, 5.41) is 25.5. The summed E-state index contributed by atoms with van der Waals surface area (Å²) in [7, 11) is 0. The van der Waals surface area contributed by atoms with Crippen molar-refractivity contribution in [2.45, 2.75) is 43.4 Å². The smallest absolute Gasteiger partial charge is 0.336 e. The van der Waals surface area contributed by atoms with E-state index in [0.717, 1.165) is 0 Å². The number of thioether (sulfide) groups is 1. The largest absolute Gasteiger partial charge is 0.479 e. The second-order valence-corrected chi connectivity index (χ2v) is 9.96. The van der Waals surface area contributed by atoms with Gasteiger partial charge in [-0.3, -0.25) is 10.1 Å². The Hall–Kier alpha value is -2.46. The van der Waals surface area contributed by atoms with Crippen LogP contribution in [0, 0.1) is 23.0 Å². The van der Waals surface area contributed by atoms with Crippen molar-refractivity contribution in [2.75, 3.05) is 0 Å². The highest BCUT2D eigenvalue weighted by Gasteiger charge is 2.72. The van der Waals surface area contributed by atoms with Crippen molar-refractivity contribution in [1.29, 1.82) is 0 Å². The standard InChI is InChI=1S/C19H19N3O5S2/c1-9-15(28)21-16(9)29-18(3,4)19(21,17(23)24)13-10(2)20-27-14(13)11-5-7-12(8-6-11)22(25)26/h5-9,16H,1-4H3,(H,23,24)/t9-,16-,19+/m1/s1. The van der Waals surface area contributed by atoms with E-state index in [-0.39, 0.29) is 22.7 Å². The summed E-state index contributed by atoms with van der Waals surface area (Å²) in [6.45, 7) is 7.50. The Balaban J connectivity index is 1.96. The minimum absolute atomic E-state index is 0.0485. The highest BCUT2D eigenvalue weighted by Crippen LogP contribution is 2.64. The number of aliphatic carboxylic acids is 1. The van der Waals surface area contributed by atoms with E-state index in [1.807, 2.05) is 20.8 Å². The van der Waals surface area contributed by atoms with Gasteiger partial charge in [0.15, 0.2) is 11.3 Å². The van der Waals surface area contributed by atoms with Crippen LogP contribution in [0.25, 0.3) is 11.3 Å². The van der Waals surface area contributed by atoms with Crippen molar-refractivity contribution >= 4 is 40.6 Å². The van der Waals surface area contributed by atoms with Crippen LogP contribution < -0.4 is 0 Å². The lowest BCUT2D eigenvalue weighted by atomic mass is 9.73. The number of carbonyl (C=O) groups is 1. The number of carboxylic acids is 1. The number of thiocarbonyl (C=S) groups is 1. The van der Waals surface area contributed by atoms with Crippen LogP contribution in [0.1, 0.15) is 32.0 Å². The number of non-ortho nitro benzene ring substituents is 1. The van der Waals surface area contributed by atoms with E-state index in [2.05, 4.69) is 5.16 Å². The number of carboxylic acid groups (broad SMARTS) is 1. The van der Waals surface area contributed by atoms with Gasteiger partial charge in [0, 0.05) is 23.6 Å². The monoisotopic (exact) mass is 433 g/mol. The van der Waals surface area contributed by atoms with Crippen LogP contribution in [0.5, 0.6) is 0 Å². The fourth-order valence-corrected chi connectivity index (χ4v) is 6.72. The highest BCUT2D eigenvalue weighted by atomic mass is 32.2. The zero-order valence-electron chi connectivity index (χ0n) is 16.2. The summed E-state index contributed by atoms with van der Waals surface area (Å²) in [5.41, 5.74) is -0.109. The molecule has 1 aromatic heterocycles. The Kier molecular flexibility index (Phi) is 4.29. The number of aryl methyl sites for hydroxylation is 1. The molecule has 0 saturated carbocycles. The van der Waals surface area contributed by atoms with Crippen molar-refractivity contribution in [2.24, 2.45) is 5.92 Å². The van der Waals surface area contributed by atoms with Gasteiger partial charge < -0.3 is 14.5 Å². The molecule has 2 aliphatic heterocycles. The Morgan fingerprint density at radius 3 is 2.55 bits per heavy atom. The predicted octanol–water partition coefficient (Wildman–Crippen LogP) is 3.97. The second-order valence-electron chi connectivity index (χ2n) is 7.81. The first-order chi connectivity index (χ1) is 13.5. The zero-order valence-corrected chi connectivity index (χ0v) is 17.8. The Morgan fingerprint density at radius 1 is 1.38 bits per heavy atom. The summed E-state index contributed by atoms with van der Waals surface area (Å²) in [4.78, 5) is 25.8. The molecule has 3 heterocycles. The molecule has 0 amide bonds. The van der Waals surface area contributed by atoms with E-state index < -0.39 is 21.2 Å². The first kappa shape index (κ1) is 19.8. The normalized spacial score (nSPS) is 27.4. The average Bonchev–Trinajstić information content (AvgIpc) is 3.15. The molecular weight excluding hydrogens is 414 g/mol. The number of aromatic nitrogens is 1. The lowest BCUT2D eigenvalue weighted by Gasteiger charge is -2.51. The number of nitrogens with zero attached hydrogens (tertiary/aromatic N) is 3. The molecule has 0 radical (unpaired) electrons. The van der Waals surface area contributed by atoms with E-state index in [4.69, 9.17) is 16.7 Å². The first-order valence-corrected chi connectivity index (χ1v) is 10.3. The lowest BCUT2D eigenvalue weighted by Crippen LogP contribution is -2.67. The van der Waals surface area contributed by atoms with Gasteiger partial charge in [-0.25, -0.2) is 4.79 Å². The van der Waals surface area contributed by atoms with Crippen molar-refractivity contribution in [3.63, 3.8) is 0 Å². The van der Waals surface area contributed by atoms with Crippen molar-refractivity contribution < 1.29 is 19.3 Å². The second kappa shape index (κ2) is 6.27. The van der Waals surface area contributed by atoms with Gasteiger partial charge in [0.25, 0.3) is 5.69 Å². The number of hydrogen-bond acceptors (Lipinski definition) is 7. The number of fused-ring (bicyclic) bond motifs is 1. The lowest BCUT2D eigenvalue weighted by molar-refractivity contribution is -0.384. The van der Waals surface area contributed by atoms with Crippen LogP contribution in [0.4, 0.5) is 5.69 Å². The fraction of sp³-hybridized carbons (Fsp3) is 0.421. The predicted molar refractivity (Wildman–Crippen MR) is 112 cm³/mol. The van der Waals surface area contributed by atoms with Gasteiger partial charge >= 0.3 is 5.97 Å². The molecule has 2 aromatic rings. The molecule has 0 bridgehead atoms. The van der Waals surface area contributed by atoms with Gasteiger partial charge in [-0.1, -0.05) is 24.3 Å². The van der Waals surface area contributed by atoms with E-state index in [1.165, 1.54) is 12.1 Å². The number of nitro benzene ring substituents is 1. The summed E-state index contributed by atoms with van der Waals surface area (Å²) >= 11 is 7.14. The molecule has 152 valence electrons. The van der Waals surface area contributed by atoms with Crippen LogP contribution in [0.3, 0.4) is 0 Å². The molecule has 10 heteroatoms. The molecule has 1 N–H and O–H groups in total. The average molecular weight is 434 g/mol. The van der Waals surface area contributed by atoms with Crippen molar-refractivity contribution in [3.05, 3.63) is 45.6 Å². The minimum atomic E-state index is -1.47. The molecule has 2 fully saturated rings. The van der Waals surface area contributed by atoms with E-state index in [9.17, 15) is 20.0 Å². The van der Waals surface area contributed by atoms with Gasteiger partial charge in [0.05, 0.1) is 31.3 Å². The Labute approximate surface area is 176 Å². The molecule has 4 rings (SSSR count). The van der Waals surface area contributed by atoms with Crippen LogP contribution in [-0.4, -0.2) is 41.2 Å². The molecule has 0 unspecified atom stereocenters. The third-order valence-corrected chi connectivity index (χ3v) is 8.15. The highest BCUT2D eigenvalue weighted by molar-refractivity contribution is 8.01. The van der Waals surface area contributed by atoms with Crippen molar-refractivity contribution in [1.82, 2.24) is 10.1 Å². The van der Waals surface area contributed by atoms with E-state index in [1.54, 1.807) is 35.7 Å². The molecule has 8 nitrogen and oxygen atoms in total. The molecule has 2 saturated heterocycles. The van der Waals surface area contributed by atoms with Gasteiger partial charge in [-0.05, 0) is 32.9 Å². The van der Waals surface area contributed by atoms with Crippen molar-refractivity contribution in [3.8, 4) is 11.3 Å². The van der Waals surface area contributed by atoms with Gasteiger partial charge in [0.2, 0.25) is 0 Å². The SMILES string of the molecule is Cc1noc(-c2ccc([N+](=O)[O-])cc2)c1[C@@]1(C(=O)O)N2C(=S)[C@@H](C)[C@H]2SC1(C)C. The summed E-state index contributed by atoms with van der Waals surface area (Å²) in [5.74, 6) is -0.642. The van der Waals surface area contributed by atoms with Crippen LogP contribution >= 0.6 is 24.0 Å². The zero-order chi connectivity index (χ0) is 21.3. The van der Waals surface area contributed by atoms with E-state index >= 15 is 0 Å². The summed E-state index contributed by atoms with van der Waals surface area (Å²) < 4.78 is 4.84. The van der Waals surface area contributed by atoms with Gasteiger partial charge in [-0.2, -0.15) is 0 Å². The topological polar surface area (TPSA) is 110 Å².